The second-order valence-electron chi connectivity index (χ2n) is 6.36. The van der Waals surface area contributed by atoms with Crippen LogP contribution in [0.2, 0.25) is 10.3 Å². The minimum Gasteiger partial charge on any atom is -0.444 e. The van der Waals surface area contributed by atoms with E-state index in [2.05, 4.69) is 4.98 Å². The average molecular weight is 378 g/mol. The molecule has 0 aliphatic carbocycles. The second kappa shape index (κ2) is 7.11. The minimum absolute atomic E-state index is 0.0516. The summed E-state index contributed by atoms with van der Waals surface area (Å²) in [5, 5.41) is -0.535. The predicted octanol–water partition coefficient (Wildman–Crippen LogP) is 3.22. The highest BCUT2D eigenvalue weighted by Gasteiger charge is 2.29. The molecule has 1 aromatic rings. The van der Waals surface area contributed by atoms with E-state index in [1.165, 1.54) is 9.80 Å². The van der Waals surface area contributed by atoms with Crippen LogP contribution in [-0.4, -0.2) is 58.6 Å². The zero-order chi connectivity index (χ0) is 18.1. The number of pyridine rings is 1. The quantitative estimate of drug-likeness (QED) is 0.704. The van der Waals surface area contributed by atoms with E-state index in [1.54, 1.807) is 20.8 Å². The van der Waals surface area contributed by atoms with Crippen molar-refractivity contribution in [2.75, 3.05) is 26.2 Å². The Balaban J connectivity index is 2.01. The first kappa shape index (κ1) is 18.7. The number of halogens is 3. The minimum atomic E-state index is -0.809. The monoisotopic (exact) mass is 377 g/mol. The third-order valence-electron chi connectivity index (χ3n) is 3.34. The van der Waals surface area contributed by atoms with Crippen molar-refractivity contribution in [1.82, 2.24) is 14.8 Å². The van der Waals surface area contributed by atoms with Gasteiger partial charge in [-0.2, -0.15) is 0 Å². The number of piperazine rings is 1. The van der Waals surface area contributed by atoms with Crippen LogP contribution in [0.5, 0.6) is 0 Å². The van der Waals surface area contributed by atoms with Crippen LogP contribution < -0.4 is 0 Å². The van der Waals surface area contributed by atoms with Gasteiger partial charge in [-0.1, -0.05) is 23.2 Å². The number of carbonyl (C=O) groups excluding carboxylic acids is 2. The van der Waals surface area contributed by atoms with Gasteiger partial charge in [0.05, 0.1) is 5.56 Å². The van der Waals surface area contributed by atoms with E-state index in [4.69, 9.17) is 27.9 Å². The summed E-state index contributed by atoms with van der Waals surface area (Å²) in [6.45, 7) is 6.58. The third kappa shape index (κ3) is 4.48. The molecule has 0 atom stereocenters. The highest BCUT2D eigenvalue weighted by Crippen LogP contribution is 2.22. The van der Waals surface area contributed by atoms with Crippen LogP contribution in [0.4, 0.5) is 9.18 Å². The molecule has 2 heterocycles. The number of carbonyl (C=O) groups is 2. The molecule has 0 spiro atoms. The standard InChI is InChI=1S/C15H18Cl2FN3O3/c1-15(2,3)24-14(23)21-6-4-20(5-7-21)13(22)9-8-10(18)12(17)19-11(9)16/h8H,4-7H2,1-3H3. The van der Waals surface area contributed by atoms with Crippen LogP contribution in [0.15, 0.2) is 6.07 Å². The molecule has 1 fully saturated rings. The molecule has 24 heavy (non-hydrogen) atoms. The van der Waals surface area contributed by atoms with Crippen LogP contribution in [-0.2, 0) is 4.74 Å². The van der Waals surface area contributed by atoms with Gasteiger partial charge < -0.3 is 14.5 Å². The van der Waals surface area contributed by atoms with Gasteiger partial charge in [0.2, 0.25) is 0 Å². The van der Waals surface area contributed by atoms with Gasteiger partial charge in [-0.25, -0.2) is 14.2 Å². The second-order valence-corrected chi connectivity index (χ2v) is 7.07. The first-order valence-electron chi connectivity index (χ1n) is 7.37. The molecule has 0 saturated carbocycles. The molecule has 2 rings (SSSR count). The normalized spacial score (nSPS) is 15.4. The van der Waals surface area contributed by atoms with E-state index < -0.39 is 23.4 Å². The molecule has 0 unspecified atom stereocenters. The lowest BCUT2D eigenvalue weighted by Gasteiger charge is -2.35. The Bertz CT molecular complexity index is 656. The molecular weight excluding hydrogens is 360 g/mol. The SMILES string of the molecule is CC(C)(C)OC(=O)N1CCN(C(=O)c2cc(F)c(Cl)nc2Cl)CC1. The lowest BCUT2D eigenvalue weighted by Crippen LogP contribution is -2.51. The first-order chi connectivity index (χ1) is 11.1. The summed E-state index contributed by atoms with van der Waals surface area (Å²) in [6.07, 6.45) is -0.424. The Morgan fingerprint density at radius 3 is 2.21 bits per heavy atom. The van der Waals surface area contributed by atoms with Gasteiger partial charge >= 0.3 is 6.09 Å². The van der Waals surface area contributed by atoms with Crippen molar-refractivity contribution in [2.24, 2.45) is 0 Å². The fraction of sp³-hybridized carbons (Fsp3) is 0.533. The fourth-order valence-electron chi connectivity index (χ4n) is 2.18. The Labute approximate surface area is 149 Å². The zero-order valence-corrected chi connectivity index (χ0v) is 15.1. The largest absolute Gasteiger partial charge is 0.444 e. The molecule has 2 amide bonds. The summed E-state index contributed by atoms with van der Waals surface area (Å²) in [6, 6.07) is 0.972. The molecule has 0 aromatic carbocycles. The maximum Gasteiger partial charge on any atom is 0.410 e. The highest BCUT2D eigenvalue weighted by molar-refractivity contribution is 6.34. The molecule has 1 aromatic heterocycles. The van der Waals surface area contributed by atoms with Crippen molar-refractivity contribution in [3.63, 3.8) is 0 Å². The molecule has 1 saturated heterocycles. The van der Waals surface area contributed by atoms with E-state index in [-0.39, 0.29) is 15.9 Å². The molecule has 9 heteroatoms. The van der Waals surface area contributed by atoms with E-state index >= 15 is 0 Å². The molecular formula is C15H18Cl2FN3O3. The number of ether oxygens (including phenoxy) is 1. The maximum atomic E-state index is 13.5. The summed E-state index contributed by atoms with van der Waals surface area (Å²) in [5.41, 5.74) is -0.631. The number of aromatic nitrogens is 1. The predicted molar refractivity (Wildman–Crippen MR) is 87.9 cm³/mol. The fourth-order valence-corrected chi connectivity index (χ4v) is 2.59. The molecule has 1 aliphatic rings. The molecule has 0 radical (unpaired) electrons. The van der Waals surface area contributed by atoms with Crippen molar-refractivity contribution < 1.29 is 18.7 Å². The van der Waals surface area contributed by atoms with Crippen LogP contribution >= 0.6 is 23.2 Å². The molecule has 0 N–H and O–H groups in total. The van der Waals surface area contributed by atoms with Crippen molar-refractivity contribution in [1.29, 1.82) is 0 Å². The third-order valence-corrected chi connectivity index (χ3v) is 3.89. The van der Waals surface area contributed by atoms with E-state index in [0.717, 1.165) is 6.07 Å². The maximum absolute atomic E-state index is 13.5. The average Bonchev–Trinajstić information content (AvgIpc) is 2.49. The Hall–Kier alpha value is -1.60. The zero-order valence-electron chi connectivity index (χ0n) is 13.6. The van der Waals surface area contributed by atoms with Crippen LogP contribution in [0.3, 0.4) is 0 Å². The van der Waals surface area contributed by atoms with E-state index in [1.807, 2.05) is 0 Å². The molecule has 1 aliphatic heterocycles. The Morgan fingerprint density at radius 1 is 1.12 bits per heavy atom. The van der Waals surface area contributed by atoms with Crippen LogP contribution in [0.25, 0.3) is 0 Å². The van der Waals surface area contributed by atoms with E-state index in [9.17, 15) is 14.0 Å². The molecule has 6 nitrogen and oxygen atoms in total. The Morgan fingerprint density at radius 2 is 1.67 bits per heavy atom. The van der Waals surface area contributed by atoms with Gasteiger partial charge in [0.25, 0.3) is 5.91 Å². The highest BCUT2D eigenvalue weighted by atomic mass is 35.5. The summed E-state index contributed by atoms with van der Waals surface area (Å²) in [4.78, 5) is 31.1. The van der Waals surface area contributed by atoms with Gasteiger partial charge in [-0.3, -0.25) is 4.79 Å². The van der Waals surface area contributed by atoms with Crippen molar-refractivity contribution >= 4 is 35.2 Å². The number of nitrogens with zero attached hydrogens (tertiary/aromatic N) is 3. The smallest absolute Gasteiger partial charge is 0.410 e. The van der Waals surface area contributed by atoms with Crippen molar-refractivity contribution in [3.05, 3.63) is 27.8 Å². The molecule has 132 valence electrons. The van der Waals surface area contributed by atoms with Gasteiger partial charge in [0.1, 0.15) is 10.8 Å². The molecule has 0 bridgehead atoms. The Kier molecular flexibility index (Phi) is 5.55. The summed E-state index contributed by atoms with van der Waals surface area (Å²) in [7, 11) is 0. The van der Waals surface area contributed by atoms with Crippen LogP contribution in [0, 0.1) is 5.82 Å². The summed E-state index contributed by atoms with van der Waals surface area (Å²) < 4.78 is 18.8. The number of amides is 2. The van der Waals surface area contributed by atoms with Gasteiger partial charge in [0, 0.05) is 26.2 Å². The summed E-state index contributed by atoms with van der Waals surface area (Å²) in [5.74, 6) is -1.26. The van der Waals surface area contributed by atoms with Gasteiger partial charge in [-0.05, 0) is 26.8 Å². The number of hydrogen-bond acceptors (Lipinski definition) is 4. The van der Waals surface area contributed by atoms with E-state index in [0.29, 0.717) is 26.2 Å². The van der Waals surface area contributed by atoms with Crippen molar-refractivity contribution in [3.8, 4) is 0 Å². The summed E-state index contributed by atoms with van der Waals surface area (Å²) >= 11 is 11.4. The van der Waals surface area contributed by atoms with Gasteiger partial charge in [-0.15, -0.1) is 0 Å². The van der Waals surface area contributed by atoms with Gasteiger partial charge in [0.15, 0.2) is 11.0 Å². The van der Waals surface area contributed by atoms with Crippen LogP contribution in [0.1, 0.15) is 31.1 Å². The number of hydrogen-bond donors (Lipinski definition) is 0. The lowest BCUT2D eigenvalue weighted by atomic mass is 10.2. The number of rotatable bonds is 1. The lowest BCUT2D eigenvalue weighted by molar-refractivity contribution is 0.0141. The first-order valence-corrected chi connectivity index (χ1v) is 8.13. The van der Waals surface area contributed by atoms with Crippen molar-refractivity contribution in [2.45, 2.75) is 26.4 Å². The topological polar surface area (TPSA) is 62.7 Å².